The molecular formula is C33H39NO5Si. The van der Waals surface area contributed by atoms with Crippen LogP contribution in [0, 0.1) is 0 Å². The summed E-state index contributed by atoms with van der Waals surface area (Å²) in [6.45, 7) is 12.1. The van der Waals surface area contributed by atoms with Gasteiger partial charge in [-0.1, -0.05) is 99.6 Å². The van der Waals surface area contributed by atoms with Gasteiger partial charge in [-0.15, -0.1) is 0 Å². The van der Waals surface area contributed by atoms with Crippen molar-refractivity contribution in [1.29, 1.82) is 0 Å². The normalized spacial score (nSPS) is 16.0. The van der Waals surface area contributed by atoms with Crippen molar-refractivity contribution in [2.24, 2.45) is 0 Å². The number of rotatable bonds is 9. The first-order chi connectivity index (χ1) is 19.1. The van der Waals surface area contributed by atoms with Crippen LogP contribution < -0.4 is 0 Å². The maximum atomic E-state index is 13.4. The SMILES string of the molecule is CC(C)(C)[Si](C)(C)OCC1CC(c2cccc(-c3ccccc3)c2)=C(OC=O)CN1C(=O)OCc1ccccc1. The highest BCUT2D eigenvalue weighted by atomic mass is 28.4. The lowest BCUT2D eigenvalue weighted by molar-refractivity contribution is -0.125. The van der Waals surface area contributed by atoms with Crippen LogP contribution in [0.15, 0.2) is 90.7 Å². The van der Waals surface area contributed by atoms with E-state index in [2.05, 4.69) is 58.1 Å². The Morgan fingerprint density at radius 1 is 0.925 bits per heavy atom. The molecule has 40 heavy (non-hydrogen) atoms. The van der Waals surface area contributed by atoms with Gasteiger partial charge in [0.05, 0.1) is 19.2 Å². The molecule has 7 heteroatoms. The van der Waals surface area contributed by atoms with E-state index in [4.69, 9.17) is 13.9 Å². The van der Waals surface area contributed by atoms with Gasteiger partial charge in [0.25, 0.3) is 6.47 Å². The maximum Gasteiger partial charge on any atom is 0.410 e. The second kappa shape index (κ2) is 12.7. The molecule has 3 aromatic rings. The largest absolute Gasteiger partial charge is 0.445 e. The molecule has 0 saturated carbocycles. The van der Waals surface area contributed by atoms with Crippen molar-refractivity contribution in [2.75, 3.05) is 13.2 Å². The van der Waals surface area contributed by atoms with E-state index in [0.29, 0.717) is 25.3 Å². The van der Waals surface area contributed by atoms with Crippen LogP contribution in [-0.4, -0.2) is 45.0 Å². The van der Waals surface area contributed by atoms with Gasteiger partial charge in [-0.25, -0.2) is 4.79 Å². The van der Waals surface area contributed by atoms with Crippen LogP contribution >= 0.6 is 0 Å². The summed E-state index contributed by atoms with van der Waals surface area (Å²) in [7, 11) is -2.09. The third kappa shape index (κ3) is 7.09. The van der Waals surface area contributed by atoms with Crippen LogP contribution in [0.25, 0.3) is 16.7 Å². The molecule has 1 amide bonds. The van der Waals surface area contributed by atoms with Crippen molar-refractivity contribution < 1.29 is 23.5 Å². The Hall–Kier alpha value is -3.68. The lowest BCUT2D eigenvalue weighted by Crippen LogP contribution is -2.50. The number of hydrogen-bond acceptors (Lipinski definition) is 5. The molecule has 0 saturated heterocycles. The third-order valence-electron chi connectivity index (χ3n) is 7.92. The smallest absolute Gasteiger partial charge is 0.410 e. The Kier molecular flexibility index (Phi) is 9.27. The molecule has 1 aliphatic rings. The first-order valence-corrected chi connectivity index (χ1v) is 16.6. The fourth-order valence-corrected chi connectivity index (χ4v) is 5.53. The van der Waals surface area contributed by atoms with E-state index in [1.54, 1.807) is 4.90 Å². The fraction of sp³-hybridized carbons (Fsp3) is 0.333. The van der Waals surface area contributed by atoms with Gasteiger partial charge in [0.15, 0.2) is 8.32 Å². The van der Waals surface area contributed by atoms with Gasteiger partial charge in [-0.3, -0.25) is 9.69 Å². The third-order valence-corrected chi connectivity index (χ3v) is 12.4. The zero-order valence-corrected chi connectivity index (χ0v) is 25.1. The summed E-state index contributed by atoms with van der Waals surface area (Å²) in [5.41, 5.74) is 4.91. The van der Waals surface area contributed by atoms with Crippen LogP contribution in [0.1, 0.15) is 38.3 Å². The lowest BCUT2D eigenvalue weighted by Gasteiger charge is -2.41. The van der Waals surface area contributed by atoms with Crippen molar-refractivity contribution in [1.82, 2.24) is 4.90 Å². The topological polar surface area (TPSA) is 65.1 Å². The molecule has 0 N–H and O–H groups in total. The summed E-state index contributed by atoms with van der Waals surface area (Å²) >= 11 is 0. The van der Waals surface area contributed by atoms with E-state index >= 15 is 0 Å². The molecule has 1 atom stereocenters. The molecule has 0 aromatic heterocycles. The van der Waals surface area contributed by atoms with E-state index < -0.39 is 14.4 Å². The van der Waals surface area contributed by atoms with E-state index in [-0.39, 0.29) is 24.2 Å². The molecule has 0 radical (unpaired) electrons. The summed E-state index contributed by atoms with van der Waals surface area (Å²) in [6, 6.07) is 27.6. The molecule has 0 spiro atoms. The number of hydrogen-bond donors (Lipinski definition) is 0. The number of carbonyl (C=O) groups is 2. The zero-order chi connectivity index (χ0) is 28.8. The number of benzene rings is 3. The van der Waals surface area contributed by atoms with Crippen LogP contribution in [0.2, 0.25) is 18.1 Å². The van der Waals surface area contributed by atoms with Crippen molar-refractivity contribution in [3.05, 3.63) is 102 Å². The van der Waals surface area contributed by atoms with Crippen LogP contribution in [-0.2, 0) is 25.3 Å². The summed E-state index contributed by atoms with van der Waals surface area (Å²) in [5.74, 6) is 0.445. The molecule has 0 bridgehead atoms. The van der Waals surface area contributed by atoms with Gasteiger partial charge in [0.2, 0.25) is 0 Å². The minimum atomic E-state index is -2.09. The predicted molar refractivity (Wildman–Crippen MR) is 161 cm³/mol. The van der Waals surface area contributed by atoms with E-state index in [1.165, 1.54) is 0 Å². The van der Waals surface area contributed by atoms with Crippen molar-refractivity contribution in [2.45, 2.75) is 58.0 Å². The Morgan fingerprint density at radius 2 is 1.55 bits per heavy atom. The lowest BCUT2D eigenvalue weighted by atomic mass is 9.91. The molecule has 1 heterocycles. The summed E-state index contributed by atoms with van der Waals surface area (Å²) < 4.78 is 17.8. The molecule has 1 aliphatic heterocycles. The predicted octanol–water partition coefficient (Wildman–Crippen LogP) is 7.67. The Balaban J connectivity index is 1.66. The Labute approximate surface area is 238 Å². The average Bonchev–Trinajstić information content (AvgIpc) is 2.95. The first-order valence-electron chi connectivity index (χ1n) is 13.7. The number of ether oxygens (including phenoxy) is 2. The van der Waals surface area contributed by atoms with Gasteiger partial charge in [-0.05, 0) is 52.9 Å². The summed E-state index contributed by atoms with van der Waals surface area (Å²) in [6.07, 6.45) is 0.00740. The van der Waals surface area contributed by atoms with Crippen LogP contribution in [0.3, 0.4) is 0 Å². The quantitative estimate of drug-likeness (QED) is 0.200. The van der Waals surface area contributed by atoms with E-state index in [1.807, 2.05) is 60.7 Å². The highest BCUT2D eigenvalue weighted by molar-refractivity contribution is 6.74. The molecule has 0 fully saturated rings. The molecule has 1 unspecified atom stereocenters. The van der Waals surface area contributed by atoms with Gasteiger partial charge in [0.1, 0.15) is 12.4 Å². The van der Waals surface area contributed by atoms with E-state index in [9.17, 15) is 9.59 Å². The molecule has 6 nitrogen and oxygen atoms in total. The van der Waals surface area contributed by atoms with E-state index in [0.717, 1.165) is 27.8 Å². The molecule has 4 rings (SSSR count). The molecule has 3 aromatic carbocycles. The highest BCUT2D eigenvalue weighted by Gasteiger charge is 2.40. The van der Waals surface area contributed by atoms with Crippen LogP contribution in [0.4, 0.5) is 4.79 Å². The Morgan fingerprint density at radius 3 is 2.20 bits per heavy atom. The fourth-order valence-electron chi connectivity index (χ4n) is 4.49. The molecule has 210 valence electrons. The maximum absolute atomic E-state index is 13.4. The van der Waals surface area contributed by atoms with Gasteiger partial charge < -0.3 is 13.9 Å². The van der Waals surface area contributed by atoms with Crippen LogP contribution in [0.5, 0.6) is 0 Å². The number of carbonyl (C=O) groups excluding carboxylic acids is 2. The minimum Gasteiger partial charge on any atom is -0.445 e. The highest BCUT2D eigenvalue weighted by Crippen LogP contribution is 2.38. The molecule has 0 aliphatic carbocycles. The monoisotopic (exact) mass is 557 g/mol. The average molecular weight is 558 g/mol. The summed E-state index contributed by atoms with van der Waals surface area (Å²) in [5, 5.41) is 0.0226. The van der Waals surface area contributed by atoms with Crippen molar-refractivity contribution >= 4 is 26.5 Å². The summed E-state index contributed by atoms with van der Waals surface area (Å²) in [4.78, 5) is 26.6. The first kappa shape index (κ1) is 29.3. The van der Waals surface area contributed by atoms with Crippen molar-refractivity contribution in [3.63, 3.8) is 0 Å². The number of nitrogens with zero attached hydrogens (tertiary/aromatic N) is 1. The van der Waals surface area contributed by atoms with Gasteiger partial charge in [0, 0.05) is 5.57 Å². The second-order valence-electron chi connectivity index (χ2n) is 11.7. The standard InChI is InChI=1S/C33H39NO5Si/c1-33(2,3)40(4,5)39-23-29-20-30(28-18-12-17-27(19-28)26-15-10-7-11-16-26)31(38-24-35)21-34(29)32(36)37-22-25-13-8-6-9-14-25/h6-19,24,29H,20-23H2,1-5H3. The number of amides is 1. The minimum absolute atomic E-state index is 0.0226. The van der Waals surface area contributed by atoms with Gasteiger partial charge >= 0.3 is 6.09 Å². The second-order valence-corrected chi connectivity index (χ2v) is 16.5. The Bertz CT molecular complexity index is 1330. The zero-order valence-electron chi connectivity index (χ0n) is 24.1. The molecular weight excluding hydrogens is 518 g/mol. The van der Waals surface area contributed by atoms with Crippen molar-refractivity contribution in [3.8, 4) is 11.1 Å². The van der Waals surface area contributed by atoms with Gasteiger partial charge in [-0.2, -0.15) is 0 Å².